The van der Waals surface area contributed by atoms with Crippen molar-refractivity contribution >= 4 is 0 Å². The SMILES string of the molecule is Cc1ccc(CCc2ccc(-c3cc(C)c(CCC4CCC(C)CC4)cc3C)cc2)cc1. The minimum Gasteiger partial charge on any atom is -0.0625 e. The highest BCUT2D eigenvalue weighted by molar-refractivity contribution is 5.69. The van der Waals surface area contributed by atoms with Crippen molar-refractivity contribution in [3.8, 4) is 11.1 Å². The highest BCUT2D eigenvalue weighted by Crippen LogP contribution is 2.33. The Bertz CT molecular complexity index is 999. The minimum absolute atomic E-state index is 0.943. The van der Waals surface area contributed by atoms with Crippen molar-refractivity contribution in [2.24, 2.45) is 11.8 Å². The summed E-state index contributed by atoms with van der Waals surface area (Å²) in [7, 11) is 0. The molecule has 0 heteroatoms. The van der Waals surface area contributed by atoms with E-state index in [1.54, 1.807) is 5.56 Å². The molecule has 0 spiro atoms. The van der Waals surface area contributed by atoms with Crippen molar-refractivity contribution < 1.29 is 0 Å². The summed E-state index contributed by atoms with van der Waals surface area (Å²) in [5.74, 6) is 1.89. The van der Waals surface area contributed by atoms with E-state index in [-0.39, 0.29) is 0 Å². The highest BCUT2D eigenvalue weighted by atomic mass is 14.2. The Hall–Kier alpha value is -2.34. The number of hydrogen-bond acceptors (Lipinski definition) is 0. The third-order valence-corrected chi connectivity index (χ3v) is 7.73. The Morgan fingerprint density at radius 1 is 0.656 bits per heavy atom. The third-order valence-electron chi connectivity index (χ3n) is 7.73. The van der Waals surface area contributed by atoms with E-state index in [2.05, 4.69) is 88.4 Å². The lowest BCUT2D eigenvalue weighted by Gasteiger charge is -2.26. The summed E-state index contributed by atoms with van der Waals surface area (Å²) < 4.78 is 0. The van der Waals surface area contributed by atoms with Crippen molar-refractivity contribution in [3.05, 3.63) is 94.0 Å². The van der Waals surface area contributed by atoms with Crippen molar-refractivity contribution in [2.75, 3.05) is 0 Å². The van der Waals surface area contributed by atoms with Gasteiger partial charge >= 0.3 is 0 Å². The molecule has 1 aliphatic carbocycles. The Kier molecular flexibility index (Phi) is 7.51. The average molecular weight is 425 g/mol. The molecule has 0 nitrogen and oxygen atoms in total. The summed E-state index contributed by atoms with van der Waals surface area (Å²) in [5, 5.41) is 0. The molecule has 0 aliphatic heterocycles. The van der Waals surface area contributed by atoms with Crippen LogP contribution in [-0.4, -0.2) is 0 Å². The summed E-state index contributed by atoms with van der Waals surface area (Å²) >= 11 is 0. The summed E-state index contributed by atoms with van der Waals surface area (Å²) in [6.45, 7) is 9.15. The molecule has 3 aromatic rings. The molecule has 4 rings (SSSR count). The maximum Gasteiger partial charge on any atom is -0.0152 e. The first-order valence-corrected chi connectivity index (χ1v) is 12.7. The summed E-state index contributed by atoms with van der Waals surface area (Å²) in [6, 6.07) is 23.1. The molecular weight excluding hydrogens is 384 g/mol. The van der Waals surface area contributed by atoms with Gasteiger partial charge in [0, 0.05) is 0 Å². The van der Waals surface area contributed by atoms with Crippen molar-refractivity contribution in [1.29, 1.82) is 0 Å². The smallest absolute Gasteiger partial charge is 0.0152 e. The Morgan fingerprint density at radius 2 is 1.25 bits per heavy atom. The first kappa shape index (κ1) is 22.8. The Balaban J connectivity index is 1.38. The van der Waals surface area contributed by atoms with E-state index in [4.69, 9.17) is 0 Å². The lowest BCUT2D eigenvalue weighted by atomic mass is 9.80. The third kappa shape index (κ3) is 5.91. The molecule has 0 bridgehead atoms. The van der Waals surface area contributed by atoms with Crippen LogP contribution in [0.2, 0.25) is 0 Å². The van der Waals surface area contributed by atoms with Crippen LogP contribution in [0.5, 0.6) is 0 Å². The monoisotopic (exact) mass is 424 g/mol. The van der Waals surface area contributed by atoms with E-state index in [1.807, 2.05) is 0 Å². The molecule has 0 unspecified atom stereocenters. The Labute approximate surface area is 196 Å². The van der Waals surface area contributed by atoms with Crippen LogP contribution >= 0.6 is 0 Å². The van der Waals surface area contributed by atoms with Gasteiger partial charge in [-0.25, -0.2) is 0 Å². The number of aryl methyl sites for hydroxylation is 6. The van der Waals surface area contributed by atoms with Gasteiger partial charge in [-0.05, 0) is 97.2 Å². The van der Waals surface area contributed by atoms with Gasteiger partial charge in [-0.1, -0.05) is 98.8 Å². The standard InChI is InChI=1S/C32H40/c1-23-5-9-27(10-6-23)13-14-29-15-18-30(19-16-29)32-22-25(3)31(21-26(32)4)20-17-28-11-7-24(2)8-12-28/h5-6,9-10,15-16,18-19,21-22,24,28H,7-8,11-14,17,20H2,1-4H3. The summed E-state index contributed by atoms with van der Waals surface area (Å²) in [4.78, 5) is 0. The van der Waals surface area contributed by atoms with Gasteiger partial charge in [0.15, 0.2) is 0 Å². The largest absolute Gasteiger partial charge is 0.0625 e. The lowest BCUT2D eigenvalue weighted by molar-refractivity contribution is 0.277. The van der Waals surface area contributed by atoms with Crippen LogP contribution in [0.1, 0.15) is 72.4 Å². The number of hydrogen-bond donors (Lipinski definition) is 0. The van der Waals surface area contributed by atoms with Crippen LogP contribution in [0.3, 0.4) is 0 Å². The van der Waals surface area contributed by atoms with Gasteiger partial charge in [0.2, 0.25) is 0 Å². The first-order chi connectivity index (χ1) is 15.5. The second-order valence-corrected chi connectivity index (χ2v) is 10.4. The molecular formula is C32H40. The molecule has 0 amide bonds. The maximum absolute atomic E-state index is 2.46. The van der Waals surface area contributed by atoms with E-state index in [0.717, 1.165) is 24.7 Å². The Morgan fingerprint density at radius 3 is 1.88 bits per heavy atom. The van der Waals surface area contributed by atoms with E-state index >= 15 is 0 Å². The van der Waals surface area contributed by atoms with Gasteiger partial charge in [0.05, 0.1) is 0 Å². The molecule has 1 fully saturated rings. The second kappa shape index (κ2) is 10.5. The second-order valence-electron chi connectivity index (χ2n) is 10.4. The van der Waals surface area contributed by atoms with Crippen LogP contribution in [-0.2, 0) is 19.3 Å². The topological polar surface area (TPSA) is 0 Å². The van der Waals surface area contributed by atoms with Crippen LogP contribution < -0.4 is 0 Å². The molecule has 1 saturated carbocycles. The van der Waals surface area contributed by atoms with Crippen LogP contribution in [0.15, 0.2) is 60.7 Å². The van der Waals surface area contributed by atoms with Gasteiger partial charge in [0.25, 0.3) is 0 Å². The zero-order valence-electron chi connectivity index (χ0n) is 20.6. The van der Waals surface area contributed by atoms with E-state index in [9.17, 15) is 0 Å². The lowest BCUT2D eigenvalue weighted by Crippen LogP contribution is -2.13. The van der Waals surface area contributed by atoms with Crippen molar-refractivity contribution in [1.82, 2.24) is 0 Å². The van der Waals surface area contributed by atoms with Crippen LogP contribution in [0.4, 0.5) is 0 Å². The fourth-order valence-electron chi connectivity index (χ4n) is 5.33. The average Bonchev–Trinajstić information content (AvgIpc) is 2.80. The molecule has 0 radical (unpaired) electrons. The van der Waals surface area contributed by atoms with Gasteiger partial charge in [-0.2, -0.15) is 0 Å². The van der Waals surface area contributed by atoms with Gasteiger partial charge in [-0.15, -0.1) is 0 Å². The molecule has 32 heavy (non-hydrogen) atoms. The minimum atomic E-state index is 0.943. The molecule has 0 saturated heterocycles. The normalized spacial score (nSPS) is 18.6. The summed E-state index contributed by atoms with van der Waals surface area (Å²) in [6.07, 6.45) is 10.5. The molecule has 0 heterocycles. The van der Waals surface area contributed by atoms with Gasteiger partial charge in [-0.3, -0.25) is 0 Å². The number of rotatable bonds is 7. The molecule has 168 valence electrons. The van der Waals surface area contributed by atoms with Crippen molar-refractivity contribution in [3.63, 3.8) is 0 Å². The molecule has 0 aromatic heterocycles. The number of benzene rings is 3. The van der Waals surface area contributed by atoms with Gasteiger partial charge < -0.3 is 0 Å². The van der Waals surface area contributed by atoms with E-state index in [1.165, 1.54) is 77.5 Å². The molecule has 0 atom stereocenters. The fourth-order valence-corrected chi connectivity index (χ4v) is 5.33. The van der Waals surface area contributed by atoms with Crippen LogP contribution in [0.25, 0.3) is 11.1 Å². The van der Waals surface area contributed by atoms with Crippen molar-refractivity contribution in [2.45, 2.75) is 79.1 Å². The van der Waals surface area contributed by atoms with Gasteiger partial charge in [0.1, 0.15) is 0 Å². The predicted octanol–water partition coefficient (Wildman–Crippen LogP) is 8.82. The zero-order valence-corrected chi connectivity index (χ0v) is 20.6. The predicted molar refractivity (Wildman–Crippen MR) is 139 cm³/mol. The van der Waals surface area contributed by atoms with E-state index in [0.29, 0.717) is 0 Å². The summed E-state index contributed by atoms with van der Waals surface area (Å²) in [5.41, 5.74) is 11.3. The quantitative estimate of drug-likeness (QED) is 0.355. The molecule has 1 aliphatic rings. The highest BCUT2D eigenvalue weighted by Gasteiger charge is 2.18. The first-order valence-electron chi connectivity index (χ1n) is 12.7. The van der Waals surface area contributed by atoms with Crippen LogP contribution in [0, 0.1) is 32.6 Å². The molecule has 3 aromatic carbocycles. The maximum atomic E-state index is 2.46. The van der Waals surface area contributed by atoms with E-state index < -0.39 is 0 Å². The zero-order chi connectivity index (χ0) is 22.5. The molecule has 0 N–H and O–H groups in total. The fraction of sp³-hybridized carbons (Fsp3) is 0.438.